The summed E-state index contributed by atoms with van der Waals surface area (Å²) in [5.74, 6) is 1.40. The maximum absolute atomic E-state index is 9.06. The summed E-state index contributed by atoms with van der Waals surface area (Å²) in [6.07, 6.45) is 5.05. The Balaban J connectivity index is 1.20. The van der Waals surface area contributed by atoms with Gasteiger partial charge < -0.3 is 4.74 Å². The van der Waals surface area contributed by atoms with Gasteiger partial charge in [0.15, 0.2) is 0 Å². The highest BCUT2D eigenvalue weighted by atomic mass is 16.5. The van der Waals surface area contributed by atoms with Crippen LogP contribution in [-0.2, 0) is 5.41 Å². The number of hydrogen-bond acceptors (Lipinski definition) is 2. The van der Waals surface area contributed by atoms with Crippen molar-refractivity contribution < 1.29 is 27.1 Å². The molecule has 5 nitrogen and oxygen atoms in total. The van der Waals surface area contributed by atoms with Gasteiger partial charge in [0.05, 0.1) is 47.1 Å². The molecule has 3 aromatic heterocycles. The van der Waals surface area contributed by atoms with Crippen molar-refractivity contribution >= 4 is 32.8 Å². The number of nitrogens with zero attached hydrogens (tertiary/aromatic N) is 4. The third-order valence-corrected chi connectivity index (χ3v) is 10.6. The summed E-state index contributed by atoms with van der Waals surface area (Å²) in [7, 11) is 0. The van der Waals surface area contributed by atoms with E-state index >= 15 is 0 Å². The summed E-state index contributed by atoms with van der Waals surface area (Å²) in [6.45, 7) is 5.59. The molecule has 0 N–H and O–H groups in total. The quantitative estimate of drug-likeness (QED) is 0.119. The second-order valence-corrected chi connectivity index (χ2v) is 15.4. The molecular formula is C54H44N4O. The molecule has 5 heteroatoms. The van der Waals surface area contributed by atoms with Gasteiger partial charge in [0, 0.05) is 27.1 Å². The van der Waals surface area contributed by atoms with E-state index in [1.807, 2.05) is 83.4 Å². The Labute approximate surface area is 363 Å². The highest BCUT2D eigenvalue weighted by Gasteiger charge is 2.22. The van der Waals surface area contributed by atoms with Crippen LogP contribution in [0.1, 0.15) is 55.3 Å². The lowest BCUT2D eigenvalue weighted by molar-refractivity contribution is -0.571. The molecule has 0 bridgehead atoms. The van der Waals surface area contributed by atoms with Crippen molar-refractivity contribution in [1.82, 2.24) is 14.1 Å². The number of benzene rings is 7. The van der Waals surface area contributed by atoms with E-state index in [0.717, 1.165) is 27.4 Å². The topological polar surface area (TPSA) is 35.9 Å². The Kier molecular flexibility index (Phi) is 5.94. The fraction of sp³-hybridized carbons (Fsp3) is 0.111. The molecule has 10 aromatic rings. The van der Waals surface area contributed by atoms with Crippen molar-refractivity contribution in [3.05, 3.63) is 199 Å². The maximum atomic E-state index is 9.06. The summed E-state index contributed by atoms with van der Waals surface area (Å²) in [5.41, 5.74) is 4.69. The number of hydrogen-bond donors (Lipinski definition) is 0. The predicted octanol–water partition coefficient (Wildman–Crippen LogP) is 13.2. The molecule has 0 spiro atoms. The predicted molar refractivity (Wildman–Crippen MR) is 241 cm³/mol. The minimum atomic E-state index is -2.35. The van der Waals surface area contributed by atoms with Gasteiger partial charge in [-0.25, -0.2) is 4.98 Å². The Morgan fingerprint density at radius 3 is 2.05 bits per heavy atom. The van der Waals surface area contributed by atoms with Crippen LogP contribution in [0, 0.1) is 20.1 Å². The second-order valence-electron chi connectivity index (χ2n) is 15.4. The zero-order valence-electron chi connectivity index (χ0n) is 45.7. The van der Waals surface area contributed by atoms with Crippen LogP contribution in [0.15, 0.2) is 176 Å². The number of rotatable bonds is 7. The molecule has 0 amide bonds. The molecule has 0 saturated heterocycles. The van der Waals surface area contributed by atoms with Gasteiger partial charge in [-0.2, -0.15) is 0 Å². The van der Waals surface area contributed by atoms with Gasteiger partial charge in [-0.05, 0) is 101 Å². The molecule has 0 aliphatic carbocycles. The molecule has 0 unspecified atom stereocenters. The van der Waals surface area contributed by atoms with E-state index in [4.69, 9.17) is 27.5 Å². The fourth-order valence-electron chi connectivity index (χ4n) is 7.61. The highest BCUT2D eigenvalue weighted by molar-refractivity contribution is 6.09. The molecule has 0 aliphatic rings. The van der Waals surface area contributed by atoms with Crippen molar-refractivity contribution in [2.75, 3.05) is 0 Å². The van der Waals surface area contributed by atoms with Gasteiger partial charge >= 0.3 is 0 Å². The van der Waals surface area contributed by atoms with Crippen LogP contribution in [0.4, 0.5) is 0 Å². The first kappa shape index (κ1) is 24.5. The third-order valence-electron chi connectivity index (χ3n) is 10.6. The summed E-state index contributed by atoms with van der Waals surface area (Å²) in [6, 6.07) is 27.7. The third kappa shape index (κ3) is 6.45. The zero-order chi connectivity index (χ0) is 51.5. The van der Waals surface area contributed by atoms with Gasteiger partial charge in [-0.3, -0.25) is 13.7 Å². The zero-order valence-corrected chi connectivity index (χ0v) is 32.7. The first-order valence-corrected chi connectivity index (χ1v) is 19.1. The molecule has 0 fully saturated rings. The van der Waals surface area contributed by atoms with Crippen molar-refractivity contribution in [2.24, 2.45) is 0 Å². The van der Waals surface area contributed by atoms with Gasteiger partial charge in [0.2, 0.25) is 0 Å². The van der Waals surface area contributed by atoms with Gasteiger partial charge in [0.25, 0.3) is 6.33 Å². The normalized spacial score (nSPS) is 15.2. The smallest absolute Gasteiger partial charge is 0.269 e. The minimum absolute atomic E-state index is 0.135. The van der Waals surface area contributed by atoms with E-state index in [9.17, 15) is 0 Å². The van der Waals surface area contributed by atoms with E-state index in [2.05, 4.69) is 27.1 Å². The van der Waals surface area contributed by atoms with Crippen LogP contribution in [0.5, 0.6) is 11.5 Å². The SMILES string of the molecule is [2H]c1c([2H])c([2H])c(-c2cccc(-c3c([2H])c([2H])c([2H])c([2H])c3[2H])c2-[n+]2[c-]n(-c3cc(Oc4ccc5c6ccccc6n(-c6cc(C([2H])([2H])[2H])c(C)cn6)c5c4)cc(C(C)(C)C)c3)c3ccccc32)c([2H])c1[2H]. The lowest BCUT2D eigenvalue weighted by Crippen LogP contribution is -2.31. The number of aromatic nitrogens is 4. The summed E-state index contributed by atoms with van der Waals surface area (Å²) in [4.78, 5) is 4.70. The number of imidazole rings is 1. The lowest BCUT2D eigenvalue weighted by Gasteiger charge is -2.22. The molecule has 0 radical (unpaired) electrons. The van der Waals surface area contributed by atoms with Crippen molar-refractivity contribution in [1.29, 1.82) is 0 Å². The number of pyridine rings is 1. The molecule has 7 aromatic carbocycles. The first-order chi connectivity index (χ1) is 34.1. The Hall–Kier alpha value is -7.24. The van der Waals surface area contributed by atoms with Crippen LogP contribution in [-0.4, -0.2) is 14.1 Å². The standard InChI is InChI=1S/C54H44N4O/c1-36-29-52(55-34-37(36)2)58-48-24-13-12-21-46(48)47-28-27-42(33-51(47)58)59-43-31-40(54(3,4)5)30-41(32-43)56-35-57(50-26-15-14-25-49(50)56)53-44(38-17-8-6-9-18-38)22-16-23-45(53)39-19-10-7-11-20-39/h6-34H,1-5H3/i1D3,6D,7D,8D,9D,10D,11D,17D,18D,19D,20D. The summed E-state index contributed by atoms with van der Waals surface area (Å²) < 4.78 is 124. The minimum Gasteiger partial charge on any atom is -0.458 e. The van der Waals surface area contributed by atoms with Crippen LogP contribution in [0.2, 0.25) is 0 Å². The number of ether oxygens (including phenoxy) is 1. The maximum Gasteiger partial charge on any atom is 0.269 e. The number of para-hydroxylation sites is 4. The second kappa shape index (κ2) is 14.3. The summed E-state index contributed by atoms with van der Waals surface area (Å²) >= 11 is 0. The molecule has 0 aliphatic heterocycles. The van der Waals surface area contributed by atoms with E-state index in [1.165, 1.54) is 0 Å². The van der Waals surface area contributed by atoms with E-state index in [-0.39, 0.29) is 33.5 Å². The molecule has 0 saturated carbocycles. The molecule has 0 atom stereocenters. The Morgan fingerprint density at radius 2 is 1.34 bits per heavy atom. The molecule has 286 valence electrons. The van der Waals surface area contributed by atoms with Crippen molar-refractivity contribution in [3.8, 4) is 50.9 Å². The molecule has 59 heavy (non-hydrogen) atoms. The molecular weight excluding hydrogens is 721 g/mol. The van der Waals surface area contributed by atoms with Crippen LogP contribution in [0.25, 0.3) is 72.3 Å². The molecule has 3 heterocycles. The Morgan fingerprint density at radius 1 is 0.661 bits per heavy atom. The number of aryl methyl sites for hydroxylation is 2. The molecule has 10 rings (SSSR count). The van der Waals surface area contributed by atoms with Gasteiger partial charge in [-0.1, -0.05) is 142 Å². The lowest BCUT2D eigenvalue weighted by atomic mass is 9.86. The summed E-state index contributed by atoms with van der Waals surface area (Å²) in [5, 5.41) is 1.85. The number of fused-ring (bicyclic) bond motifs is 4. The van der Waals surface area contributed by atoms with E-state index < -0.39 is 72.7 Å². The first-order valence-electron chi connectivity index (χ1n) is 25.6. The van der Waals surface area contributed by atoms with E-state index in [0.29, 0.717) is 39.6 Å². The van der Waals surface area contributed by atoms with Crippen LogP contribution >= 0.6 is 0 Å². The van der Waals surface area contributed by atoms with Crippen LogP contribution < -0.4 is 9.30 Å². The average Bonchev–Trinajstić information content (AvgIpc) is 3.89. The monoisotopic (exact) mass is 777 g/mol. The average molecular weight is 778 g/mol. The van der Waals surface area contributed by atoms with E-state index in [1.54, 1.807) is 52.6 Å². The van der Waals surface area contributed by atoms with Crippen molar-refractivity contribution in [3.63, 3.8) is 0 Å². The van der Waals surface area contributed by atoms with Crippen molar-refractivity contribution in [2.45, 2.75) is 40.0 Å². The van der Waals surface area contributed by atoms with Gasteiger partial charge in [0.1, 0.15) is 17.3 Å². The fourth-order valence-corrected chi connectivity index (χ4v) is 7.61. The highest BCUT2D eigenvalue weighted by Crippen LogP contribution is 2.38. The van der Waals surface area contributed by atoms with Gasteiger partial charge in [-0.15, -0.1) is 0 Å². The largest absolute Gasteiger partial charge is 0.458 e. The van der Waals surface area contributed by atoms with Crippen LogP contribution in [0.3, 0.4) is 0 Å². The Bertz CT molecular complexity index is 3760.